The van der Waals surface area contributed by atoms with Gasteiger partial charge in [0.05, 0.1) is 23.0 Å². The van der Waals surface area contributed by atoms with Crippen molar-refractivity contribution in [2.24, 2.45) is 0 Å². The van der Waals surface area contributed by atoms with E-state index in [-0.39, 0.29) is 67.4 Å². The molecule has 8 heteroatoms. The van der Waals surface area contributed by atoms with Gasteiger partial charge in [-0.05, 0) is 138 Å². The molecule has 74 heavy (non-hydrogen) atoms. The number of fused-ring (bicyclic) bond motifs is 4. The highest BCUT2D eigenvalue weighted by atomic mass is 27.3. The lowest BCUT2D eigenvalue weighted by Gasteiger charge is -2.37. The molecule has 2 heterocycles. The summed E-state index contributed by atoms with van der Waals surface area (Å²) >= 11 is -5.15. The molecule has 0 saturated carbocycles. The Morgan fingerprint density at radius 2 is 0.486 bits per heavy atom. The molecular formula is C66H102Al2O6. The summed E-state index contributed by atoms with van der Waals surface area (Å²) in [7, 11) is 0. The maximum absolute atomic E-state index is 6.86. The van der Waals surface area contributed by atoms with Crippen LogP contribution in [-0.4, -0.2) is 42.5 Å². The van der Waals surface area contributed by atoms with Gasteiger partial charge in [0.25, 0.3) is 0 Å². The van der Waals surface area contributed by atoms with Gasteiger partial charge in [0.2, 0.25) is 0 Å². The van der Waals surface area contributed by atoms with Gasteiger partial charge in [-0.1, -0.05) is 229 Å². The van der Waals surface area contributed by atoms with Crippen molar-refractivity contribution in [1.29, 1.82) is 0 Å². The summed E-state index contributed by atoms with van der Waals surface area (Å²) < 4.78 is 40.2. The van der Waals surface area contributed by atoms with E-state index < -0.39 is 30.3 Å². The smallest absolute Gasteiger partial charge is 0.588 e. The Bertz CT molecular complexity index is 2280. The number of hydrogen-bond donors (Lipinski definition) is 0. The van der Waals surface area contributed by atoms with Crippen LogP contribution in [0.25, 0.3) is 0 Å². The van der Waals surface area contributed by atoms with Gasteiger partial charge in [0, 0.05) is 24.0 Å². The largest absolute Gasteiger partial charge is 1.10 e. The Morgan fingerprint density at radius 1 is 0.311 bits per heavy atom. The molecule has 0 N–H and O–H groups in total. The number of benzene rings is 4. The topological polar surface area (TPSA) is 55.4 Å². The summed E-state index contributed by atoms with van der Waals surface area (Å²) in [5, 5.41) is 0. The van der Waals surface area contributed by atoms with Crippen LogP contribution in [0.3, 0.4) is 0 Å². The highest BCUT2D eigenvalue weighted by Gasteiger charge is 2.49. The molecule has 0 aromatic heterocycles. The number of rotatable bonds is 4. The zero-order chi connectivity index (χ0) is 56.6. The van der Waals surface area contributed by atoms with E-state index in [2.05, 4.69) is 256 Å². The number of hydrogen-bond acceptors (Lipinski definition) is 6. The van der Waals surface area contributed by atoms with Crippen LogP contribution < -0.4 is 15.2 Å². The van der Waals surface area contributed by atoms with Crippen molar-refractivity contribution in [2.45, 2.75) is 275 Å². The van der Waals surface area contributed by atoms with Crippen LogP contribution in [0.2, 0.25) is 0 Å². The van der Waals surface area contributed by atoms with Gasteiger partial charge >= 0.3 is 30.3 Å². The van der Waals surface area contributed by atoms with Crippen molar-refractivity contribution >= 4 is 30.3 Å². The van der Waals surface area contributed by atoms with Crippen LogP contribution in [0.5, 0.6) is 23.0 Å². The third-order valence-electron chi connectivity index (χ3n) is 14.7. The monoisotopic (exact) mass is 1040 g/mol. The third kappa shape index (κ3) is 14.4. The first-order valence-electron chi connectivity index (χ1n) is 27.9. The summed E-state index contributed by atoms with van der Waals surface area (Å²) in [6.45, 7) is 67.6. The minimum atomic E-state index is -2.57. The molecule has 4 aromatic carbocycles. The predicted molar refractivity (Wildman–Crippen MR) is 317 cm³/mol. The van der Waals surface area contributed by atoms with Gasteiger partial charge < -0.3 is 22.7 Å². The second-order valence-electron chi connectivity index (χ2n) is 30.6. The van der Waals surface area contributed by atoms with Crippen molar-refractivity contribution in [3.63, 3.8) is 0 Å². The maximum Gasteiger partial charge on any atom is 1.10 e. The molecule has 0 saturated heterocycles. The Labute approximate surface area is 463 Å². The molecule has 408 valence electrons. The SMILES string of the molecule is CC(C)[O][Al]1[O]c2c(cc(C(C)(C)C)cc2C(C)(C)C)C(C)c2cc(C(C)(C)C)cc(C(C)(C)C)c2[O]1.CC(C)[O][Al]1[O]c2c(cc(C(C)(C)C)cc2C(C)(C)C)C(C)c2cc(C(C)(C)C)cc(C(C)(C)C)c2[O]1. The Hall–Kier alpha value is -2.94. The quantitative estimate of drug-likeness (QED) is 0.190. The molecule has 0 bridgehead atoms. The van der Waals surface area contributed by atoms with Gasteiger partial charge in [-0.3, -0.25) is 0 Å². The average molecular weight is 1050 g/mol. The highest BCUT2D eigenvalue weighted by molar-refractivity contribution is 6.39. The van der Waals surface area contributed by atoms with Crippen molar-refractivity contribution in [3.05, 3.63) is 115 Å². The molecule has 0 unspecified atom stereocenters. The molecule has 2 aliphatic rings. The molecule has 0 fully saturated rings. The molecule has 6 rings (SSSR count). The van der Waals surface area contributed by atoms with Crippen molar-refractivity contribution < 1.29 is 22.7 Å². The summed E-state index contributed by atoms with van der Waals surface area (Å²) in [5.74, 6) is 4.02. The lowest BCUT2D eigenvalue weighted by molar-refractivity contribution is 0.150. The molecule has 0 radical (unpaired) electrons. The zero-order valence-corrected chi connectivity index (χ0v) is 54.8. The second kappa shape index (κ2) is 21.4. The van der Waals surface area contributed by atoms with Gasteiger partial charge in [-0.2, -0.15) is 0 Å². The minimum Gasteiger partial charge on any atom is -0.588 e. The molecule has 0 atom stereocenters. The van der Waals surface area contributed by atoms with Crippen LogP contribution in [-0.2, 0) is 50.9 Å². The van der Waals surface area contributed by atoms with Crippen LogP contribution in [0.15, 0.2) is 48.5 Å². The van der Waals surface area contributed by atoms with Crippen LogP contribution >= 0.6 is 0 Å². The first-order valence-corrected chi connectivity index (χ1v) is 30.8. The molecule has 4 aromatic rings. The summed E-state index contributed by atoms with van der Waals surface area (Å²) in [4.78, 5) is 0. The van der Waals surface area contributed by atoms with Gasteiger partial charge in [-0.25, -0.2) is 0 Å². The second-order valence-corrected chi connectivity index (χ2v) is 33.3. The van der Waals surface area contributed by atoms with E-state index in [0.29, 0.717) is 0 Å². The zero-order valence-electron chi connectivity index (χ0n) is 52.5. The van der Waals surface area contributed by atoms with E-state index in [9.17, 15) is 0 Å². The van der Waals surface area contributed by atoms with Crippen molar-refractivity contribution in [1.82, 2.24) is 0 Å². The van der Waals surface area contributed by atoms with Crippen LogP contribution in [0.4, 0.5) is 0 Å². The van der Waals surface area contributed by atoms with E-state index in [1.54, 1.807) is 0 Å². The van der Waals surface area contributed by atoms with Crippen LogP contribution in [0, 0.1) is 0 Å². The molecule has 0 spiro atoms. The first kappa shape index (κ1) is 61.9. The maximum atomic E-state index is 6.86. The Morgan fingerprint density at radius 3 is 0.622 bits per heavy atom. The third-order valence-corrected chi connectivity index (χ3v) is 17.9. The average Bonchev–Trinajstić information content (AvgIpc) is 3.18. The van der Waals surface area contributed by atoms with Crippen molar-refractivity contribution in [3.8, 4) is 23.0 Å². The summed E-state index contributed by atoms with van der Waals surface area (Å²) in [5.41, 5.74) is 14.9. The molecular weight excluding hydrogens is 943 g/mol. The fourth-order valence-electron chi connectivity index (χ4n) is 9.70. The fraction of sp³-hybridized carbons (Fsp3) is 0.636. The van der Waals surface area contributed by atoms with Crippen LogP contribution in [0.1, 0.15) is 286 Å². The lowest BCUT2D eigenvalue weighted by atomic mass is 9.74. The highest BCUT2D eigenvalue weighted by Crippen LogP contribution is 2.52. The minimum absolute atomic E-state index is 0.0132. The predicted octanol–water partition coefficient (Wildman–Crippen LogP) is 18.4. The Balaban J connectivity index is 0.000000274. The molecule has 0 amide bonds. The van der Waals surface area contributed by atoms with E-state index >= 15 is 0 Å². The van der Waals surface area contributed by atoms with Gasteiger partial charge in [-0.15, -0.1) is 0 Å². The lowest BCUT2D eigenvalue weighted by Crippen LogP contribution is -2.39. The summed E-state index contributed by atoms with van der Waals surface area (Å²) in [6, 6.07) is 18.9. The summed E-state index contributed by atoms with van der Waals surface area (Å²) in [6.07, 6.45) is 0.0265. The van der Waals surface area contributed by atoms with E-state index in [1.807, 2.05) is 0 Å². The van der Waals surface area contributed by atoms with Gasteiger partial charge in [0.15, 0.2) is 0 Å². The standard InChI is InChI=1S/2C30H46O2.2C3H7O.2Al/c2*1-18(21-14-19(27(2,3)4)16-23(25(21)31)29(8,9)10)22-15-20(28(5,6)7)17-24(26(22)32)30(11,12)13;2*1-3(2)4;;/h2*14-18,31-32H,1-13H3;2*3H,1-2H3;;/q;;2*-1;2*+3/p-4. The van der Waals surface area contributed by atoms with E-state index in [0.717, 1.165) is 23.0 Å². The van der Waals surface area contributed by atoms with Crippen molar-refractivity contribution in [2.75, 3.05) is 0 Å². The molecule has 0 aliphatic carbocycles. The molecule has 6 nitrogen and oxygen atoms in total. The normalized spacial score (nSPS) is 15.5. The first-order chi connectivity index (χ1) is 33.2. The van der Waals surface area contributed by atoms with E-state index in [1.165, 1.54) is 66.8 Å². The fourth-order valence-corrected chi connectivity index (χ4v) is 12.7. The Kier molecular flexibility index (Phi) is 17.9. The molecule has 2 aliphatic heterocycles. The van der Waals surface area contributed by atoms with E-state index in [4.69, 9.17) is 22.7 Å². The van der Waals surface area contributed by atoms with Gasteiger partial charge in [0.1, 0.15) is 0 Å².